The monoisotopic (exact) mass is 760 g/mol. The van der Waals surface area contributed by atoms with Crippen LogP contribution in [0.3, 0.4) is 0 Å². The maximum Gasteiger partial charge on any atom is 0.160 e. The summed E-state index contributed by atoms with van der Waals surface area (Å²) >= 11 is 0. The summed E-state index contributed by atoms with van der Waals surface area (Å²) in [4.78, 5) is 10.2. The van der Waals surface area contributed by atoms with E-state index in [1.807, 2.05) is 18.2 Å². The minimum absolute atomic E-state index is 0.710. The van der Waals surface area contributed by atoms with Gasteiger partial charge in [-0.15, -0.1) is 0 Å². The Labute approximate surface area is 348 Å². The fourth-order valence-electron chi connectivity index (χ4n) is 9.33. The zero-order valence-corrected chi connectivity index (χ0v) is 32.7. The zero-order valence-electron chi connectivity index (χ0n) is 32.7. The fraction of sp³-hybridized carbons (Fsp3) is 0. The first-order valence-electron chi connectivity index (χ1n) is 20.6. The van der Waals surface area contributed by atoms with Crippen molar-refractivity contribution in [2.75, 3.05) is 0 Å². The summed E-state index contributed by atoms with van der Waals surface area (Å²) in [6, 6.07) is 78.8. The molecule has 10 aromatic carbocycles. The summed E-state index contributed by atoms with van der Waals surface area (Å²) in [7, 11) is 0. The maximum atomic E-state index is 5.14. The zero-order chi connectivity index (χ0) is 39.6. The van der Waals surface area contributed by atoms with Crippen molar-refractivity contribution in [1.82, 2.24) is 9.97 Å². The van der Waals surface area contributed by atoms with Crippen LogP contribution >= 0.6 is 0 Å². The molecule has 278 valence electrons. The predicted octanol–water partition coefficient (Wildman–Crippen LogP) is 15.6. The number of fused-ring (bicyclic) bond motifs is 5. The van der Waals surface area contributed by atoms with Gasteiger partial charge in [-0.3, -0.25) is 0 Å². The highest BCUT2D eigenvalue weighted by atomic mass is 14.9. The molecule has 0 radical (unpaired) electrons. The molecule has 0 unspecified atom stereocenters. The van der Waals surface area contributed by atoms with Gasteiger partial charge >= 0.3 is 0 Å². The quantitative estimate of drug-likeness (QED) is 0.169. The van der Waals surface area contributed by atoms with Crippen molar-refractivity contribution in [2.24, 2.45) is 0 Å². The third-order valence-corrected chi connectivity index (χ3v) is 12.3. The molecule has 0 bridgehead atoms. The molecule has 0 saturated heterocycles. The molecule has 0 fully saturated rings. The maximum absolute atomic E-state index is 5.14. The molecule has 1 heterocycles. The van der Waals surface area contributed by atoms with Crippen LogP contribution in [0.5, 0.6) is 0 Å². The Hall–Kier alpha value is -7.94. The number of nitrogens with zero attached hydrogens (tertiary/aromatic N) is 2. The summed E-state index contributed by atoms with van der Waals surface area (Å²) < 4.78 is 0. The molecule has 1 aromatic heterocycles. The predicted molar refractivity (Wildman–Crippen MR) is 252 cm³/mol. The van der Waals surface area contributed by atoms with E-state index >= 15 is 0 Å². The second-order valence-corrected chi connectivity index (χ2v) is 15.7. The number of aromatic nitrogens is 2. The number of rotatable bonds is 6. The van der Waals surface area contributed by atoms with Crippen molar-refractivity contribution >= 4 is 32.3 Å². The van der Waals surface area contributed by atoms with Crippen LogP contribution in [0.1, 0.15) is 0 Å². The molecule has 0 saturated carbocycles. The lowest BCUT2D eigenvalue weighted by Gasteiger charge is -2.16. The van der Waals surface area contributed by atoms with Gasteiger partial charge in [0.15, 0.2) is 5.82 Å². The number of benzene rings is 10. The van der Waals surface area contributed by atoms with Gasteiger partial charge in [0.05, 0.1) is 11.4 Å². The number of hydrogen-bond acceptors (Lipinski definition) is 2. The van der Waals surface area contributed by atoms with Crippen molar-refractivity contribution in [2.45, 2.75) is 0 Å². The van der Waals surface area contributed by atoms with Gasteiger partial charge in [-0.1, -0.05) is 206 Å². The van der Waals surface area contributed by atoms with E-state index in [9.17, 15) is 0 Å². The molecule has 0 aliphatic heterocycles. The van der Waals surface area contributed by atoms with E-state index in [0.29, 0.717) is 5.82 Å². The molecule has 0 spiro atoms. The van der Waals surface area contributed by atoms with Crippen molar-refractivity contribution in [3.63, 3.8) is 0 Å². The van der Waals surface area contributed by atoms with Crippen LogP contribution in [0.2, 0.25) is 0 Å². The SMILES string of the molecule is c1ccc(-c2nc(-c3ccc(-c4c(-c5ccc(-c6ccc7c8c(cccc68)-c6ccccc6-7)cc5)ccc5ccccc45)cc3)cc(-c3ccc4ccccc4c3)n2)cc1. The summed E-state index contributed by atoms with van der Waals surface area (Å²) in [5.74, 6) is 0.710. The molecule has 0 atom stereocenters. The van der Waals surface area contributed by atoms with Gasteiger partial charge in [0.2, 0.25) is 0 Å². The molecule has 12 rings (SSSR count). The van der Waals surface area contributed by atoms with Crippen LogP contribution in [-0.4, -0.2) is 9.97 Å². The average molecular weight is 761 g/mol. The molecular weight excluding hydrogens is 725 g/mol. The third-order valence-electron chi connectivity index (χ3n) is 12.3. The van der Waals surface area contributed by atoms with Crippen molar-refractivity contribution in [1.29, 1.82) is 0 Å². The minimum Gasteiger partial charge on any atom is -0.228 e. The molecule has 60 heavy (non-hydrogen) atoms. The van der Waals surface area contributed by atoms with Crippen LogP contribution in [0, 0.1) is 0 Å². The Bertz CT molecular complexity index is 3430. The highest BCUT2D eigenvalue weighted by Gasteiger charge is 2.22. The smallest absolute Gasteiger partial charge is 0.160 e. The van der Waals surface area contributed by atoms with Crippen LogP contribution in [0.4, 0.5) is 0 Å². The van der Waals surface area contributed by atoms with E-state index < -0.39 is 0 Å². The van der Waals surface area contributed by atoms with Crippen LogP contribution in [-0.2, 0) is 0 Å². The van der Waals surface area contributed by atoms with Crippen molar-refractivity contribution < 1.29 is 0 Å². The Morgan fingerprint density at radius 2 is 0.767 bits per heavy atom. The van der Waals surface area contributed by atoms with E-state index in [0.717, 1.165) is 33.6 Å². The Morgan fingerprint density at radius 3 is 1.55 bits per heavy atom. The van der Waals surface area contributed by atoms with Crippen molar-refractivity contribution in [3.8, 4) is 89.5 Å². The molecule has 2 nitrogen and oxygen atoms in total. The van der Waals surface area contributed by atoms with E-state index in [1.54, 1.807) is 0 Å². The van der Waals surface area contributed by atoms with Gasteiger partial charge in [0, 0.05) is 16.7 Å². The summed E-state index contributed by atoms with van der Waals surface area (Å²) in [5.41, 5.74) is 17.4. The standard InChI is InChI=1S/C58H36N2/c1-2-13-43(14-3-1)58-59-54(36-55(60-58)45-30-21-37-11-4-5-15-44(37)35-45)41-26-28-42(29-27-41)56-47-16-7-6-12-38(47)31-32-48(56)40-24-22-39(23-25-40)46-33-34-53-50-18-9-8-17-49(50)52-20-10-19-51(46)57(52)53/h1-36H. The lowest BCUT2D eigenvalue weighted by atomic mass is 9.88. The highest BCUT2D eigenvalue weighted by Crippen LogP contribution is 2.49. The highest BCUT2D eigenvalue weighted by molar-refractivity contribution is 6.18. The summed E-state index contributed by atoms with van der Waals surface area (Å²) in [5, 5.41) is 7.49. The van der Waals surface area contributed by atoms with Gasteiger partial charge in [-0.2, -0.15) is 0 Å². The van der Waals surface area contributed by atoms with Crippen LogP contribution in [0.15, 0.2) is 218 Å². The average Bonchev–Trinajstić information content (AvgIpc) is 3.66. The summed E-state index contributed by atoms with van der Waals surface area (Å²) in [6.07, 6.45) is 0. The van der Waals surface area contributed by atoms with E-state index in [4.69, 9.17) is 9.97 Å². The molecular formula is C58H36N2. The molecule has 0 N–H and O–H groups in total. The number of hydrogen-bond donors (Lipinski definition) is 0. The molecule has 0 amide bonds. The molecule has 1 aliphatic rings. The van der Waals surface area contributed by atoms with Gasteiger partial charge in [0.25, 0.3) is 0 Å². The summed E-state index contributed by atoms with van der Waals surface area (Å²) in [6.45, 7) is 0. The normalized spacial score (nSPS) is 11.7. The van der Waals surface area contributed by atoms with E-state index in [2.05, 4.69) is 200 Å². The van der Waals surface area contributed by atoms with E-state index in [1.165, 1.54) is 82.4 Å². The second-order valence-electron chi connectivity index (χ2n) is 15.7. The topological polar surface area (TPSA) is 25.8 Å². The first-order chi connectivity index (χ1) is 29.7. The van der Waals surface area contributed by atoms with Gasteiger partial charge < -0.3 is 0 Å². The van der Waals surface area contributed by atoms with E-state index in [-0.39, 0.29) is 0 Å². The lowest BCUT2D eigenvalue weighted by molar-refractivity contribution is 1.18. The van der Waals surface area contributed by atoms with Gasteiger partial charge in [-0.25, -0.2) is 9.97 Å². The molecule has 11 aromatic rings. The minimum atomic E-state index is 0.710. The first-order valence-corrected chi connectivity index (χ1v) is 20.6. The Balaban J connectivity index is 0.939. The largest absolute Gasteiger partial charge is 0.228 e. The lowest BCUT2D eigenvalue weighted by Crippen LogP contribution is -1.96. The molecule has 2 heteroatoms. The Morgan fingerprint density at radius 1 is 0.250 bits per heavy atom. The first kappa shape index (κ1) is 34.1. The van der Waals surface area contributed by atoms with Gasteiger partial charge in [-0.05, 0) is 100 Å². The van der Waals surface area contributed by atoms with Crippen LogP contribution in [0.25, 0.3) is 122 Å². The van der Waals surface area contributed by atoms with Crippen molar-refractivity contribution in [3.05, 3.63) is 218 Å². The van der Waals surface area contributed by atoms with Crippen LogP contribution < -0.4 is 0 Å². The van der Waals surface area contributed by atoms with Gasteiger partial charge in [0.1, 0.15) is 0 Å². The second kappa shape index (κ2) is 13.9. The fourth-order valence-corrected chi connectivity index (χ4v) is 9.33. The molecule has 1 aliphatic carbocycles. The third kappa shape index (κ3) is 5.65. The Kier molecular flexibility index (Phi) is 7.89.